The fourth-order valence-corrected chi connectivity index (χ4v) is 6.43. The summed E-state index contributed by atoms with van der Waals surface area (Å²) < 4.78 is 26.0. The predicted octanol–water partition coefficient (Wildman–Crippen LogP) is 4.46. The Kier molecular flexibility index (Phi) is 7.06. The maximum atomic E-state index is 16.4. The Bertz CT molecular complexity index is 2050. The molecular formula is C33H33FN8O3. The molecule has 0 aliphatic carbocycles. The minimum Gasteiger partial charge on any atom is -0.491 e. The van der Waals surface area contributed by atoms with Crippen LogP contribution in [0.2, 0.25) is 0 Å². The molecule has 45 heavy (non-hydrogen) atoms. The highest BCUT2D eigenvalue weighted by Gasteiger charge is 2.31. The van der Waals surface area contributed by atoms with Crippen molar-refractivity contribution < 1.29 is 13.9 Å². The number of aryl methyl sites for hydroxylation is 1. The molecule has 1 saturated heterocycles. The van der Waals surface area contributed by atoms with Crippen LogP contribution >= 0.6 is 0 Å². The molecule has 5 aromatic rings. The van der Waals surface area contributed by atoms with E-state index in [0.29, 0.717) is 73.1 Å². The number of nitrogens with zero attached hydrogens (tertiary/aromatic N) is 8. The lowest BCUT2D eigenvalue weighted by Crippen LogP contribution is -2.54. The molecule has 0 spiro atoms. The smallest absolute Gasteiger partial charge is 0.356 e. The van der Waals surface area contributed by atoms with E-state index < -0.39 is 11.5 Å². The maximum absolute atomic E-state index is 16.4. The Balaban J connectivity index is 1.55. The van der Waals surface area contributed by atoms with Gasteiger partial charge in [-0.05, 0) is 25.0 Å². The van der Waals surface area contributed by atoms with Crippen molar-refractivity contribution in [1.82, 2.24) is 34.2 Å². The van der Waals surface area contributed by atoms with E-state index in [4.69, 9.17) is 9.72 Å². The number of piperazine rings is 1. The van der Waals surface area contributed by atoms with E-state index >= 15 is 4.39 Å². The third kappa shape index (κ3) is 4.71. The number of anilines is 1. The van der Waals surface area contributed by atoms with Gasteiger partial charge in [0.1, 0.15) is 28.8 Å². The zero-order valence-electron chi connectivity index (χ0n) is 25.4. The molecule has 6 heterocycles. The van der Waals surface area contributed by atoms with Crippen molar-refractivity contribution in [2.45, 2.75) is 45.7 Å². The first-order valence-corrected chi connectivity index (χ1v) is 15.1. The normalized spacial score (nSPS) is 16.7. The maximum Gasteiger partial charge on any atom is 0.356 e. The zero-order chi connectivity index (χ0) is 31.4. The summed E-state index contributed by atoms with van der Waals surface area (Å²) in [6.07, 6.45) is 5.34. The lowest BCUT2D eigenvalue weighted by molar-refractivity contribution is -0.126. The summed E-state index contributed by atoms with van der Waals surface area (Å²) in [4.78, 5) is 44.4. The van der Waals surface area contributed by atoms with Crippen LogP contribution < -0.4 is 15.3 Å². The molecule has 1 aromatic carbocycles. The Morgan fingerprint density at radius 1 is 1.18 bits per heavy atom. The largest absolute Gasteiger partial charge is 0.491 e. The van der Waals surface area contributed by atoms with Crippen molar-refractivity contribution >= 4 is 33.7 Å². The lowest BCUT2D eigenvalue weighted by Gasteiger charge is -2.40. The number of hydrogen-bond donors (Lipinski definition) is 0. The van der Waals surface area contributed by atoms with Crippen molar-refractivity contribution in [3.05, 3.63) is 77.4 Å². The standard InChI is InChI=1S/C33H33FN8O3/c1-5-26(43)39-13-14-40(20(4)18-39)31-23-16-24(34)28-22-9-6-8-21-17-36-41(29(21)22)12-7-15-45-25-10-11-35-27(19(2)3)30(25)42(32(23)37-28)33(44)38-31/h5-6,8-11,16-17,19-20H,1,7,12-15,18H2,2-4H3/t20-/m1/s1. The van der Waals surface area contributed by atoms with E-state index in [9.17, 15) is 9.59 Å². The van der Waals surface area contributed by atoms with E-state index in [1.165, 1.54) is 16.7 Å². The van der Waals surface area contributed by atoms with Crippen LogP contribution in [0, 0.1) is 5.82 Å². The van der Waals surface area contributed by atoms with Gasteiger partial charge in [0.25, 0.3) is 0 Å². The number of aromatic nitrogens is 6. The second-order valence-corrected chi connectivity index (χ2v) is 11.8. The zero-order valence-corrected chi connectivity index (χ0v) is 25.4. The molecular weight excluding hydrogens is 575 g/mol. The monoisotopic (exact) mass is 608 g/mol. The lowest BCUT2D eigenvalue weighted by atomic mass is 10.1. The number of benzene rings is 1. The second-order valence-electron chi connectivity index (χ2n) is 11.8. The average molecular weight is 609 g/mol. The van der Waals surface area contributed by atoms with Crippen LogP contribution in [-0.2, 0) is 11.3 Å². The van der Waals surface area contributed by atoms with Crippen LogP contribution in [-0.4, -0.2) is 72.4 Å². The summed E-state index contributed by atoms with van der Waals surface area (Å²) in [5.41, 5.74) is 2.15. The fourth-order valence-electron chi connectivity index (χ4n) is 6.43. The van der Waals surface area contributed by atoms with Gasteiger partial charge in [0.2, 0.25) is 5.91 Å². The number of rotatable bonds is 3. The first-order chi connectivity index (χ1) is 21.8. The topological polar surface area (TPSA) is 111 Å². The van der Waals surface area contributed by atoms with Crippen LogP contribution in [0.15, 0.2) is 60.2 Å². The first-order valence-electron chi connectivity index (χ1n) is 15.1. The van der Waals surface area contributed by atoms with Gasteiger partial charge in [-0.15, -0.1) is 0 Å². The third-order valence-electron chi connectivity index (χ3n) is 8.56. The van der Waals surface area contributed by atoms with Gasteiger partial charge in [0.05, 0.1) is 29.4 Å². The quantitative estimate of drug-likeness (QED) is 0.276. The molecule has 230 valence electrons. The molecule has 1 fully saturated rings. The highest BCUT2D eigenvalue weighted by atomic mass is 19.1. The number of fused-ring (bicyclic) bond motifs is 4. The molecule has 12 heteroatoms. The molecule has 1 atom stereocenters. The molecule has 2 bridgehead atoms. The minimum absolute atomic E-state index is 0.0741. The van der Waals surface area contributed by atoms with E-state index in [1.807, 2.05) is 48.6 Å². The number of hydrogen-bond acceptors (Lipinski definition) is 8. The van der Waals surface area contributed by atoms with Crippen LogP contribution in [0.1, 0.15) is 38.8 Å². The number of halogens is 1. The summed E-state index contributed by atoms with van der Waals surface area (Å²) in [7, 11) is 0. The first kappa shape index (κ1) is 28.6. The predicted molar refractivity (Wildman–Crippen MR) is 169 cm³/mol. The Morgan fingerprint density at radius 2 is 2.02 bits per heavy atom. The van der Waals surface area contributed by atoms with Gasteiger partial charge in [-0.3, -0.25) is 14.5 Å². The number of carbonyl (C=O) groups excluding carboxylic acids is 1. The van der Waals surface area contributed by atoms with Crippen molar-refractivity contribution in [2.75, 3.05) is 31.1 Å². The second kappa shape index (κ2) is 11.1. The van der Waals surface area contributed by atoms with E-state index in [1.54, 1.807) is 23.4 Å². The summed E-state index contributed by atoms with van der Waals surface area (Å²) in [5, 5.41) is 5.80. The Labute approximate surface area is 258 Å². The van der Waals surface area contributed by atoms with Crippen LogP contribution in [0.4, 0.5) is 10.2 Å². The molecule has 0 unspecified atom stereocenters. The molecule has 4 aromatic heterocycles. The summed E-state index contributed by atoms with van der Waals surface area (Å²) in [6.45, 7) is 11.6. The van der Waals surface area contributed by atoms with Crippen molar-refractivity contribution in [1.29, 1.82) is 0 Å². The van der Waals surface area contributed by atoms with Gasteiger partial charge in [0, 0.05) is 61.9 Å². The SMILES string of the molecule is C=CC(=O)N1CCN(c2nc(=O)n3c4nc(c(F)cc24)-c2cccc4cnn(c24)CCCOc2ccnc(C(C)C)c2-3)[C@H](C)C1. The van der Waals surface area contributed by atoms with E-state index in [2.05, 4.69) is 21.6 Å². The molecule has 0 radical (unpaired) electrons. The van der Waals surface area contributed by atoms with Crippen molar-refractivity contribution in [3.63, 3.8) is 0 Å². The van der Waals surface area contributed by atoms with Gasteiger partial charge in [-0.1, -0.05) is 38.6 Å². The molecule has 2 aliphatic heterocycles. The van der Waals surface area contributed by atoms with Gasteiger partial charge in [-0.25, -0.2) is 18.7 Å². The van der Waals surface area contributed by atoms with E-state index in [0.717, 1.165) is 10.9 Å². The van der Waals surface area contributed by atoms with Crippen LogP contribution in [0.25, 0.3) is 38.9 Å². The molecule has 2 aliphatic rings. The minimum atomic E-state index is -0.586. The molecule has 1 amide bonds. The summed E-state index contributed by atoms with van der Waals surface area (Å²) in [6, 6.07) is 8.54. The number of ether oxygens (including phenoxy) is 1. The molecule has 7 rings (SSSR count). The van der Waals surface area contributed by atoms with Gasteiger partial charge in [0.15, 0.2) is 5.65 Å². The average Bonchev–Trinajstić information content (AvgIpc) is 3.45. The summed E-state index contributed by atoms with van der Waals surface area (Å²) in [5.74, 6) is -0.0112. The summed E-state index contributed by atoms with van der Waals surface area (Å²) >= 11 is 0. The van der Waals surface area contributed by atoms with E-state index in [-0.39, 0.29) is 29.2 Å². The fraction of sp³-hybridized carbons (Fsp3) is 0.333. The van der Waals surface area contributed by atoms with Crippen molar-refractivity contribution in [2.24, 2.45) is 0 Å². The third-order valence-corrected chi connectivity index (χ3v) is 8.56. The van der Waals surface area contributed by atoms with Crippen molar-refractivity contribution in [3.8, 4) is 22.7 Å². The highest BCUT2D eigenvalue weighted by molar-refractivity contribution is 5.96. The van der Waals surface area contributed by atoms with Gasteiger partial charge < -0.3 is 14.5 Å². The molecule has 0 N–H and O–H groups in total. The molecule has 11 nitrogen and oxygen atoms in total. The molecule has 0 saturated carbocycles. The Morgan fingerprint density at radius 3 is 2.80 bits per heavy atom. The van der Waals surface area contributed by atoms with Gasteiger partial charge >= 0.3 is 5.69 Å². The highest BCUT2D eigenvalue weighted by Crippen LogP contribution is 2.37. The van der Waals surface area contributed by atoms with Gasteiger partial charge in [-0.2, -0.15) is 10.1 Å². The number of amides is 1. The number of carbonyl (C=O) groups is 1. The Hall–Kier alpha value is -5.13. The number of para-hydroxylation sites is 1. The number of pyridine rings is 2. The van der Waals surface area contributed by atoms with Crippen LogP contribution in [0.5, 0.6) is 5.75 Å². The van der Waals surface area contributed by atoms with Crippen LogP contribution in [0.3, 0.4) is 0 Å².